The van der Waals surface area contributed by atoms with Gasteiger partial charge in [-0.1, -0.05) is 5.16 Å². The SMILES string of the molecule is O=[N+]([O-])c1ccc(-c2nc(-c3ccncc3)no2)o1. The summed E-state index contributed by atoms with van der Waals surface area (Å²) in [5, 5.41) is 14.3. The van der Waals surface area contributed by atoms with Crippen LogP contribution in [0.25, 0.3) is 23.0 Å². The minimum Gasteiger partial charge on any atom is -0.395 e. The molecule has 0 aliphatic carbocycles. The third-order valence-corrected chi connectivity index (χ3v) is 2.35. The summed E-state index contributed by atoms with van der Waals surface area (Å²) in [6.07, 6.45) is 3.20. The zero-order valence-electron chi connectivity index (χ0n) is 9.39. The Morgan fingerprint density at radius 1 is 1.16 bits per heavy atom. The third kappa shape index (κ3) is 2.06. The number of hydrogen-bond donors (Lipinski definition) is 0. The van der Waals surface area contributed by atoms with Crippen molar-refractivity contribution in [2.75, 3.05) is 0 Å². The third-order valence-electron chi connectivity index (χ3n) is 2.35. The predicted octanol–water partition coefficient (Wildman–Crippen LogP) is 2.30. The lowest BCUT2D eigenvalue weighted by Crippen LogP contribution is -1.83. The molecule has 0 amide bonds. The van der Waals surface area contributed by atoms with Crippen LogP contribution in [0.4, 0.5) is 5.88 Å². The number of hydrogen-bond acceptors (Lipinski definition) is 7. The molecular formula is C11H6N4O4. The lowest BCUT2D eigenvalue weighted by Gasteiger charge is -1.89. The average molecular weight is 258 g/mol. The van der Waals surface area contributed by atoms with E-state index in [0.29, 0.717) is 5.82 Å². The highest BCUT2D eigenvalue weighted by Gasteiger charge is 2.18. The molecule has 0 bridgehead atoms. The summed E-state index contributed by atoms with van der Waals surface area (Å²) in [4.78, 5) is 17.9. The summed E-state index contributed by atoms with van der Waals surface area (Å²) in [6.45, 7) is 0. The maximum absolute atomic E-state index is 10.5. The lowest BCUT2D eigenvalue weighted by molar-refractivity contribution is -0.401. The van der Waals surface area contributed by atoms with Crippen LogP contribution in [0.1, 0.15) is 0 Å². The van der Waals surface area contributed by atoms with Crippen molar-refractivity contribution in [3.05, 3.63) is 46.8 Å². The molecule has 0 atom stereocenters. The van der Waals surface area contributed by atoms with Crippen LogP contribution < -0.4 is 0 Å². The zero-order valence-corrected chi connectivity index (χ0v) is 9.39. The molecule has 0 saturated carbocycles. The van der Waals surface area contributed by atoms with Crippen LogP contribution >= 0.6 is 0 Å². The molecule has 3 aromatic rings. The van der Waals surface area contributed by atoms with Gasteiger partial charge in [-0.05, 0) is 18.2 Å². The lowest BCUT2D eigenvalue weighted by atomic mass is 10.2. The van der Waals surface area contributed by atoms with Crippen molar-refractivity contribution in [3.8, 4) is 23.0 Å². The van der Waals surface area contributed by atoms with Gasteiger partial charge in [0.05, 0.1) is 6.07 Å². The van der Waals surface area contributed by atoms with E-state index in [1.807, 2.05) is 0 Å². The molecule has 8 nitrogen and oxygen atoms in total. The topological polar surface area (TPSA) is 108 Å². The van der Waals surface area contributed by atoms with E-state index < -0.39 is 4.92 Å². The first-order valence-electron chi connectivity index (χ1n) is 5.23. The Balaban J connectivity index is 1.94. The number of furan rings is 1. The van der Waals surface area contributed by atoms with Crippen molar-refractivity contribution in [1.82, 2.24) is 15.1 Å². The van der Waals surface area contributed by atoms with Crippen molar-refractivity contribution in [3.63, 3.8) is 0 Å². The fourth-order valence-electron chi connectivity index (χ4n) is 1.48. The Morgan fingerprint density at radius 2 is 1.95 bits per heavy atom. The van der Waals surface area contributed by atoms with E-state index in [2.05, 4.69) is 15.1 Å². The largest absolute Gasteiger partial charge is 0.433 e. The van der Waals surface area contributed by atoms with Crippen molar-refractivity contribution < 1.29 is 13.9 Å². The van der Waals surface area contributed by atoms with Gasteiger partial charge in [-0.3, -0.25) is 15.1 Å². The van der Waals surface area contributed by atoms with Crippen molar-refractivity contribution in [2.45, 2.75) is 0 Å². The second-order valence-corrected chi connectivity index (χ2v) is 3.55. The second-order valence-electron chi connectivity index (χ2n) is 3.55. The molecule has 0 unspecified atom stereocenters. The monoisotopic (exact) mass is 258 g/mol. The molecule has 3 aromatic heterocycles. The van der Waals surface area contributed by atoms with Crippen LogP contribution in [0, 0.1) is 10.1 Å². The van der Waals surface area contributed by atoms with Gasteiger partial charge in [0.15, 0.2) is 5.76 Å². The highest BCUT2D eigenvalue weighted by molar-refractivity contribution is 5.56. The molecule has 0 saturated heterocycles. The molecule has 19 heavy (non-hydrogen) atoms. The summed E-state index contributed by atoms with van der Waals surface area (Å²) in [5.74, 6) is 0.217. The van der Waals surface area contributed by atoms with Crippen LogP contribution in [0.3, 0.4) is 0 Å². The Morgan fingerprint density at radius 3 is 2.63 bits per heavy atom. The number of nitro groups is 1. The summed E-state index contributed by atoms with van der Waals surface area (Å²) >= 11 is 0. The summed E-state index contributed by atoms with van der Waals surface area (Å²) < 4.78 is 9.97. The minimum absolute atomic E-state index is 0.0833. The van der Waals surface area contributed by atoms with E-state index in [0.717, 1.165) is 5.56 Å². The van der Waals surface area contributed by atoms with E-state index in [1.165, 1.54) is 12.1 Å². The van der Waals surface area contributed by atoms with E-state index in [1.54, 1.807) is 24.5 Å². The molecule has 94 valence electrons. The maximum Gasteiger partial charge on any atom is 0.433 e. The van der Waals surface area contributed by atoms with Crippen molar-refractivity contribution >= 4 is 5.88 Å². The fraction of sp³-hybridized carbons (Fsp3) is 0. The zero-order chi connectivity index (χ0) is 13.2. The molecule has 0 aliphatic rings. The van der Waals surface area contributed by atoms with E-state index >= 15 is 0 Å². The Hall–Kier alpha value is -3.03. The first-order chi connectivity index (χ1) is 9.24. The first-order valence-corrected chi connectivity index (χ1v) is 5.23. The number of nitrogens with zero attached hydrogens (tertiary/aromatic N) is 4. The van der Waals surface area contributed by atoms with E-state index in [-0.39, 0.29) is 17.5 Å². The van der Waals surface area contributed by atoms with Gasteiger partial charge in [0.1, 0.15) is 4.92 Å². The molecular weight excluding hydrogens is 252 g/mol. The van der Waals surface area contributed by atoms with E-state index in [4.69, 9.17) is 8.94 Å². The van der Waals surface area contributed by atoms with Crippen LogP contribution in [0.15, 0.2) is 45.6 Å². The summed E-state index contributed by atoms with van der Waals surface area (Å²) in [7, 11) is 0. The fourth-order valence-corrected chi connectivity index (χ4v) is 1.48. The standard InChI is InChI=1S/C11H6N4O4/c16-15(17)9-2-1-8(18-9)11-13-10(14-19-11)7-3-5-12-6-4-7/h1-6H. The number of rotatable bonds is 3. The molecule has 3 heterocycles. The van der Waals surface area contributed by atoms with Crippen LogP contribution in [-0.4, -0.2) is 20.0 Å². The molecule has 0 aromatic carbocycles. The Kier molecular flexibility index (Phi) is 2.53. The van der Waals surface area contributed by atoms with Gasteiger partial charge in [0.25, 0.3) is 5.89 Å². The molecule has 0 fully saturated rings. The molecule has 0 aliphatic heterocycles. The molecule has 0 radical (unpaired) electrons. The van der Waals surface area contributed by atoms with Gasteiger partial charge in [0, 0.05) is 18.0 Å². The Bertz CT molecular complexity index is 719. The Labute approximate surface area is 105 Å². The predicted molar refractivity (Wildman–Crippen MR) is 61.9 cm³/mol. The van der Waals surface area contributed by atoms with Gasteiger partial charge < -0.3 is 8.94 Å². The highest BCUT2D eigenvalue weighted by atomic mass is 16.6. The molecule has 3 rings (SSSR count). The normalized spacial score (nSPS) is 10.5. The van der Waals surface area contributed by atoms with Crippen molar-refractivity contribution in [1.29, 1.82) is 0 Å². The number of pyridine rings is 1. The number of aromatic nitrogens is 3. The smallest absolute Gasteiger partial charge is 0.395 e. The van der Waals surface area contributed by atoms with Crippen LogP contribution in [0.2, 0.25) is 0 Å². The van der Waals surface area contributed by atoms with E-state index in [9.17, 15) is 10.1 Å². The average Bonchev–Trinajstić information content (AvgIpc) is 3.09. The highest BCUT2D eigenvalue weighted by Crippen LogP contribution is 2.26. The summed E-state index contributed by atoms with van der Waals surface area (Å²) in [5.41, 5.74) is 0.728. The molecule has 0 spiro atoms. The van der Waals surface area contributed by atoms with Gasteiger partial charge >= 0.3 is 5.88 Å². The molecule has 8 heteroatoms. The van der Waals surface area contributed by atoms with Gasteiger partial charge in [-0.25, -0.2) is 0 Å². The van der Waals surface area contributed by atoms with Gasteiger partial charge in [0.2, 0.25) is 5.82 Å². The second kappa shape index (κ2) is 4.33. The van der Waals surface area contributed by atoms with Gasteiger partial charge in [-0.2, -0.15) is 4.98 Å². The van der Waals surface area contributed by atoms with Crippen molar-refractivity contribution in [2.24, 2.45) is 0 Å². The quantitative estimate of drug-likeness (QED) is 0.523. The minimum atomic E-state index is -0.635. The molecule has 0 N–H and O–H groups in total. The van der Waals surface area contributed by atoms with Crippen LogP contribution in [-0.2, 0) is 0 Å². The van der Waals surface area contributed by atoms with Gasteiger partial charge in [-0.15, -0.1) is 0 Å². The maximum atomic E-state index is 10.5. The van der Waals surface area contributed by atoms with Crippen LogP contribution in [0.5, 0.6) is 0 Å². The summed E-state index contributed by atoms with van der Waals surface area (Å²) in [6, 6.07) is 6.08. The first kappa shape index (κ1) is 11.1.